The van der Waals surface area contributed by atoms with Gasteiger partial charge in [0, 0.05) is 29.3 Å². The molecular weight excluding hydrogens is 268 g/mol. The number of Topliss-reactive ketones (excluding diaryl/α,β-unsaturated/α-hetero) is 1. The number of pyridine rings is 2. The Labute approximate surface area is 121 Å². The number of carbonyl (C=O) groups excluding carboxylic acids is 1. The van der Waals surface area contributed by atoms with Crippen molar-refractivity contribution in [1.29, 1.82) is 0 Å². The van der Waals surface area contributed by atoms with Gasteiger partial charge in [-0.1, -0.05) is 6.07 Å². The first-order valence-corrected chi connectivity index (χ1v) is 7.24. The van der Waals surface area contributed by atoms with E-state index < -0.39 is 0 Å². The van der Waals surface area contributed by atoms with Gasteiger partial charge in [0.2, 0.25) is 18.0 Å². The summed E-state index contributed by atoms with van der Waals surface area (Å²) in [4.78, 5) is 16.6. The van der Waals surface area contributed by atoms with E-state index in [4.69, 9.17) is 0 Å². The molecule has 20 heavy (non-hydrogen) atoms. The Morgan fingerprint density at radius 2 is 2.05 bits per heavy atom. The van der Waals surface area contributed by atoms with Crippen molar-refractivity contribution >= 4 is 17.1 Å². The minimum absolute atomic E-state index is 0.111. The molecule has 0 aromatic carbocycles. The van der Waals surface area contributed by atoms with Gasteiger partial charge in [0.1, 0.15) is 5.69 Å². The van der Waals surface area contributed by atoms with Crippen LogP contribution in [0.4, 0.5) is 0 Å². The van der Waals surface area contributed by atoms with Gasteiger partial charge in [-0.2, -0.15) is 15.9 Å². The van der Waals surface area contributed by atoms with E-state index in [-0.39, 0.29) is 5.78 Å². The number of hydrogen-bond donors (Lipinski definition) is 0. The monoisotopic (exact) mass is 281 g/mol. The zero-order valence-corrected chi connectivity index (χ0v) is 11.6. The summed E-state index contributed by atoms with van der Waals surface area (Å²) in [6.07, 6.45) is 3.67. The summed E-state index contributed by atoms with van der Waals surface area (Å²) in [6.45, 7) is 0.323. The fraction of sp³-hybridized carbons (Fsp3) is 0.0625. The molecule has 0 aliphatic carbocycles. The van der Waals surface area contributed by atoms with Crippen LogP contribution in [0.3, 0.4) is 0 Å². The zero-order valence-electron chi connectivity index (χ0n) is 10.8. The smallest absolute Gasteiger partial charge is 0.231 e. The predicted octanol–water partition coefficient (Wildman–Crippen LogP) is 2.98. The highest BCUT2D eigenvalue weighted by atomic mass is 32.1. The van der Waals surface area contributed by atoms with Gasteiger partial charge in [0.05, 0.1) is 0 Å². The Balaban J connectivity index is 1.93. The van der Waals surface area contributed by atoms with Crippen LogP contribution < -0.4 is 4.57 Å². The van der Waals surface area contributed by atoms with Crippen molar-refractivity contribution in [3.8, 4) is 11.4 Å². The summed E-state index contributed by atoms with van der Waals surface area (Å²) in [6, 6.07) is 13.5. The molecule has 0 aliphatic heterocycles. The third kappa shape index (κ3) is 2.65. The van der Waals surface area contributed by atoms with E-state index in [2.05, 4.69) is 4.98 Å². The van der Waals surface area contributed by atoms with E-state index in [1.165, 1.54) is 11.3 Å². The number of ketones is 1. The molecule has 0 bridgehead atoms. The van der Waals surface area contributed by atoms with Crippen LogP contribution >= 0.6 is 11.3 Å². The lowest BCUT2D eigenvalue weighted by Crippen LogP contribution is -2.39. The average molecular weight is 281 g/mol. The molecule has 0 fully saturated rings. The largest absolute Gasteiger partial charge is 0.287 e. The summed E-state index contributed by atoms with van der Waals surface area (Å²) in [5, 5.41) is 3.80. The number of nitrogens with zero attached hydrogens (tertiary/aromatic N) is 2. The molecule has 3 aromatic rings. The van der Waals surface area contributed by atoms with Crippen molar-refractivity contribution in [2.24, 2.45) is 0 Å². The summed E-state index contributed by atoms with van der Waals surface area (Å²) in [5.41, 5.74) is 2.57. The zero-order chi connectivity index (χ0) is 13.8. The molecule has 0 saturated heterocycles. The molecule has 0 saturated carbocycles. The maximum atomic E-state index is 12.2. The summed E-state index contributed by atoms with van der Waals surface area (Å²) in [7, 11) is 0. The number of hydrogen-bond acceptors (Lipinski definition) is 3. The standard InChI is InChI=1S/C16H13N2OS/c19-16(13-7-10-20-12-13)11-18-9-4-2-6-15(18)14-5-1-3-8-17-14/h1-10,12H,11H2/q+1. The SMILES string of the molecule is O=C(C[n+]1ccccc1-c1ccccn1)c1ccsc1. The van der Waals surface area contributed by atoms with Gasteiger partial charge in [0.15, 0.2) is 6.20 Å². The fourth-order valence-electron chi connectivity index (χ4n) is 2.03. The topological polar surface area (TPSA) is 33.8 Å². The summed E-state index contributed by atoms with van der Waals surface area (Å²) >= 11 is 1.54. The van der Waals surface area contributed by atoms with Gasteiger partial charge >= 0.3 is 0 Å². The lowest BCUT2D eigenvalue weighted by atomic mass is 10.2. The molecule has 4 heteroatoms. The normalized spacial score (nSPS) is 10.4. The molecule has 0 atom stereocenters. The molecule has 0 amide bonds. The maximum absolute atomic E-state index is 12.2. The third-order valence-electron chi connectivity index (χ3n) is 3.03. The first-order chi connectivity index (χ1) is 9.84. The second-order valence-corrected chi connectivity index (χ2v) is 5.14. The molecule has 0 radical (unpaired) electrons. The van der Waals surface area contributed by atoms with Crippen molar-refractivity contribution in [3.05, 3.63) is 71.2 Å². The van der Waals surface area contributed by atoms with Gasteiger partial charge < -0.3 is 0 Å². The van der Waals surface area contributed by atoms with Crippen molar-refractivity contribution in [2.45, 2.75) is 6.54 Å². The Kier molecular flexibility index (Phi) is 3.65. The highest BCUT2D eigenvalue weighted by molar-refractivity contribution is 7.08. The van der Waals surface area contributed by atoms with Crippen LogP contribution in [-0.2, 0) is 6.54 Å². The number of aromatic nitrogens is 2. The quantitative estimate of drug-likeness (QED) is 0.544. The van der Waals surface area contributed by atoms with E-state index in [0.717, 1.165) is 17.0 Å². The first kappa shape index (κ1) is 12.7. The predicted molar refractivity (Wildman–Crippen MR) is 78.5 cm³/mol. The molecule has 3 heterocycles. The number of carbonyl (C=O) groups is 1. The van der Waals surface area contributed by atoms with Crippen molar-refractivity contribution in [3.63, 3.8) is 0 Å². The minimum Gasteiger partial charge on any atom is -0.287 e. The van der Waals surface area contributed by atoms with Crippen molar-refractivity contribution in [1.82, 2.24) is 4.98 Å². The molecule has 98 valence electrons. The summed E-state index contributed by atoms with van der Waals surface area (Å²) in [5.74, 6) is 0.111. The highest BCUT2D eigenvalue weighted by Gasteiger charge is 2.18. The Morgan fingerprint density at radius 1 is 1.15 bits per heavy atom. The first-order valence-electron chi connectivity index (χ1n) is 6.30. The Hall–Kier alpha value is -2.33. The third-order valence-corrected chi connectivity index (χ3v) is 3.71. The van der Waals surface area contributed by atoms with E-state index in [9.17, 15) is 4.79 Å². The van der Waals surface area contributed by atoms with Gasteiger partial charge in [-0.05, 0) is 29.6 Å². The van der Waals surface area contributed by atoms with Crippen LogP contribution in [0, 0.1) is 0 Å². The molecule has 0 unspecified atom stereocenters. The maximum Gasteiger partial charge on any atom is 0.231 e. The second kappa shape index (κ2) is 5.75. The van der Waals surface area contributed by atoms with Gasteiger partial charge in [0.25, 0.3) is 0 Å². The molecule has 0 spiro atoms. The lowest BCUT2D eigenvalue weighted by Gasteiger charge is -2.02. The van der Waals surface area contributed by atoms with Crippen LogP contribution in [0.15, 0.2) is 65.6 Å². The van der Waals surface area contributed by atoms with E-state index >= 15 is 0 Å². The summed E-state index contributed by atoms with van der Waals surface area (Å²) < 4.78 is 1.93. The Morgan fingerprint density at radius 3 is 2.80 bits per heavy atom. The number of rotatable bonds is 4. The fourth-order valence-corrected chi connectivity index (χ4v) is 2.69. The van der Waals surface area contributed by atoms with Crippen LogP contribution in [0.25, 0.3) is 11.4 Å². The molecule has 0 N–H and O–H groups in total. The molecule has 0 aliphatic rings. The Bertz CT molecular complexity index is 708. The van der Waals surface area contributed by atoms with E-state index in [1.54, 1.807) is 6.20 Å². The van der Waals surface area contributed by atoms with Crippen molar-refractivity contribution < 1.29 is 9.36 Å². The van der Waals surface area contributed by atoms with Crippen LogP contribution in [0.2, 0.25) is 0 Å². The van der Waals surface area contributed by atoms with Crippen molar-refractivity contribution in [2.75, 3.05) is 0 Å². The lowest BCUT2D eigenvalue weighted by molar-refractivity contribution is -0.672. The van der Waals surface area contributed by atoms with Crippen LogP contribution in [0.1, 0.15) is 10.4 Å². The number of thiophene rings is 1. The molecule has 3 rings (SSSR count). The van der Waals surface area contributed by atoms with Gasteiger partial charge in [-0.3, -0.25) is 4.79 Å². The molecule has 3 aromatic heterocycles. The van der Waals surface area contributed by atoms with E-state index in [1.807, 2.05) is 64.0 Å². The highest BCUT2D eigenvalue weighted by Crippen LogP contribution is 2.12. The molecular formula is C16H13N2OS+. The average Bonchev–Trinajstić information content (AvgIpc) is 3.03. The van der Waals surface area contributed by atoms with Crippen LogP contribution in [-0.4, -0.2) is 10.8 Å². The molecule has 3 nitrogen and oxygen atoms in total. The van der Waals surface area contributed by atoms with Gasteiger partial charge in [-0.15, -0.1) is 0 Å². The van der Waals surface area contributed by atoms with Gasteiger partial charge in [-0.25, -0.2) is 4.98 Å². The second-order valence-electron chi connectivity index (χ2n) is 4.36. The minimum atomic E-state index is 0.111. The van der Waals surface area contributed by atoms with Crippen LogP contribution in [0.5, 0.6) is 0 Å². The van der Waals surface area contributed by atoms with E-state index in [0.29, 0.717) is 6.54 Å².